The first-order valence-corrected chi connectivity index (χ1v) is 8.50. The molecule has 0 N–H and O–H groups in total. The van der Waals surface area contributed by atoms with Crippen molar-refractivity contribution in [3.8, 4) is 0 Å². The van der Waals surface area contributed by atoms with Gasteiger partial charge in [-0.2, -0.15) is 0 Å². The first-order chi connectivity index (χ1) is 11.6. The number of aromatic nitrogens is 3. The van der Waals surface area contributed by atoms with Crippen LogP contribution in [0.15, 0.2) is 35.8 Å². The van der Waals surface area contributed by atoms with E-state index in [0.717, 1.165) is 17.7 Å². The second-order valence-electron chi connectivity index (χ2n) is 5.68. The first-order valence-electron chi connectivity index (χ1n) is 7.62. The number of thiophene rings is 1. The Hall–Kier alpha value is -2.35. The Morgan fingerprint density at radius 2 is 2.17 bits per heavy atom. The van der Waals surface area contributed by atoms with Gasteiger partial charge in [-0.3, -0.25) is 9.20 Å². The molecule has 3 aromatic rings. The van der Waals surface area contributed by atoms with Crippen LogP contribution < -0.4 is 0 Å². The number of likely N-dealkylation sites (tertiary alicyclic amines) is 1. The summed E-state index contributed by atoms with van der Waals surface area (Å²) in [5.74, 6) is -0.599. The van der Waals surface area contributed by atoms with Gasteiger partial charge in [0.2, 0.25) is 5.82 Å². The fraction of sp³-hybridized carbons (Fsp3) is 0.312. The van der Waals surface area contributed by atoms with Gasteiger partial charge in [-0.05, 0) is 36.4 Å². The van der Waals surface area contributed by atoms with E-state index < -0.39 is 12.2 Å². The summed E-state index contributed by atoms with van der Waals surface area (Å²) < 4.78 is 27.2. The summed E-state index contributed by atoms with van der Waals surface area (Å²) in [7, 11) is 0. The molecule has 8 heteroatoms. The number of alkyl halides is 2. The Labute approximate surface area is 140 Å². The highest BCUT2D eigenvalue weighted by molar-refractivity contribution is 7.10. The van der Waals surface area contributed by atoms with Gasteiger partial charge in [0.05, 0.1) is 11.6 Å². The predicted molar refractivity (Wildman–Crippen MR) is 85.3 cm³/mol. The number of nitrogens with zero attached hydrogens (tertiary/aromatic N) is 4. The zero-order valence-corrected chi connectivity index (χ0v) is 13.4. The molecule has 0 aromatic carbocycles. The zero-order chi connectivity index (χ0) is 16.7. The molecule has 3 aromatic heterocycles. The number of hydrogen-bond acceptors (Lipinski definition) is 4. The van der Waals surface area contributed by atoms with Crippen LogP contribution in [0, 0.1) is 0 Å². The van der Waals surface area contributed by atoms with Gasteiger partial charge in [0.1, 0.15) is 0 Å². The fourth-order valence-corrected chi connectivity index (χ4v) is 4.01. The summed E-state index contributed by atoms with van der Waals surface area (Å²) >= 11 is 1.63. The Bertz CT molecular complexity index is 877. The largest absolute Gasteiger partial charge is 0.331 e. The van der Waals surface area contributed by atoms with Gasteiger partial charge in [-0.25, -0.2) is 8.78 Å². The lowest BCUT2D eigenvalue weighted by Crippen LogP contribution is -2.30. The van der Waals surface area contributed by atoms with Crippen molar-refractivity contribution in [2.75, 3.05) is 6.54 Å². The molecule has 0 radical (unpaired) electrons. The van der Waals surface area contributed by atoms with Gasteiger partial charge in [-0.1, -0.05) is 6.07 Å². The summed E-state index contributed by atoms with van der Waals surface area (Å²) in [6, 6.07) is 7.22. The lowest BCUT2D eigenvalue weighted by atomic mass is 10.1. The van der Waals surface area contributed by atoms with Crippen LogP contribution in [-0.2, 0) is 0 Å². The molecule has 1 aliphatic heterocycles. The minimum atomic E-state index is -2.74. The molecule has 1 fully saturated rings. The van der Waals surface area contributed by atoms with Gasteiger partial charge < -0.3 is 4.90 Å². The molecular formula is C16H14F2N4OS. The minimum absolute atomic E-state index is 0.0590. The van der Waals surface area contributed by atoms with Crippen molar-refractivity contribution in [3.63, 3.8) is 0 Å². The average Bonchev–Trinajstić information content (AvgIpc) is 3.31. The van der Waals surface area contributed by atoms with Gasteiger partial charge in [0, 0.05) is 17.6 Å². The average molecular weight is 348 g/mol. The monoisotopic (exact) mass is 348 g/mol. The third kappa shape index (κ3) is 2.47. The van der Waals surface area contributed by atoms with Crippen molar-refractivity contribution >= 4 is 22.9 Å². The van der Waals surface area contributed by atoms with Crippen molar-refractivity contribution in [3.05, 3.63) is 52.1 Å². The third-order valence-electron chi connectivity index (χ3n) is 4.26. The SMILES string of the molecule is O=C(c1ccc2nnc(C(F)F)n2c1)N1CCC[C@@H]1c1cccs1. The molecule has 1 amide bonds. The van der Waals surface area contributed by atoms with Crippen molar-refractivity contribution in [1.82, 2.24) is 19.5 Å². The Balaban J connectivity index is 1.69. The second-order valence-corrected chi connectivity index (χ2v) is 6.66. The second kappa shape index (κ2) is 5.94. The molecule has 4 heterocycles. The quantitative estimate of drug-likeness (QED) is 0.725. The Kier molecular flexibility index (Phi) is 3.76. The van der Waals surface area contributed by atoms with Crippen molar-refractivity contribution in [2.24, 2.45) is 0 Å². The predicted octanol–water partition coefficient (Wildman–Crippen LogP) is 3.71. The van der Waals surface area contributed by atoms with Gasteiger partial charge in [-0.15, -0.1) is 21.5 Å². The molecule has 0 spiro atoms. The van der Waals surface area contributed by atoms with Crippen molar-refractivity contribution < 1.29 is 13.6 Å². The number of carbonyl (C=O) groups excluding carboxylic acids is 1. The minimum Gasteiger partial charge on any atom is -0.331 e. The standard InChI is InChI=1S/C16H14F2N4OS/c17-14(18)15-20-19-13-6-5-10(9-22(13)15)16(23)21-7-1-3-11(21)12-4-2-8-24-12/h2,4-6,8-9,11,14H,1,3,7H2/t11-/m1/s1. The number of hydrogen-bond donors (Lipinski definition) is 0. The number of fused-ring (bicyclic) bond motifs is 1. The summed E-state index contributed by atoms with van der Waals surface area (Å²) in [6.45, 7) is 0.670. The molecule has 0 saturated carbocycles. The normalized spacial score (nSPS) is 18.0. The van der Waals surface area contributed by atoms with Crippen LogP contribution in [0.2, 0.25) is 0 Å². The van der Waals surface area contributed by atoms with E-state index in [9.17, 15) is 13.6 Å². The van der Waals surface area contributed by atoms with E-state index in [0.29, 0.717) is 17.8 Å². The van der Waals surface area contributed by atoms with E-state index in [2.05, 4.69) is 10.2 Å². The molecule has 124 valence electrons. The van der Waals surface area contributed by atoms with Crippen LogP contribution in [-0.4, -0.2) is 31.9 Å². The molecule has 24 heavy (non-hydrogen) atoms. The molecule has 1 aliphatic rings. The Morgan fingerprint density at radius 3 is 2.92 bits per heavy atom. The van der Waals surface area contributed by atoms with E-state index in [1.165, 1.54) is 10.6 Å². The van der Waals surface area contributed by atoms with Crippen LogP contribution in [0.1, 0.15) is 46.4 Å². The van der Waals surface area contributed by atoms with E-state index in [-0.39, 0.29) is 11.9 Å². The summed E-state index contributed by atoms with van der Waals surface area (Å²) in [4.78, 5) is 15.9. The van der Waals surface area contributed by atoms with Crippen LogP contribution in [0.3, 0.4) is 0 Å². The molecule has 4 rings (SSSR count). The lowest BCUT2D eigenvalue weighted by molar-refractivity contribution is 0.0737. The van der Waals surface area contributed by atoms with E-state index in [1.54, 1.807) is 23.5 Å². The van der Waals surface area contributed by atoms with Crippen molar-refractivity contribution in [2.45, 2.75) is 25.3 Å². The van der Waals surface area contributed by atoms with Crippen LogP contribution in [0.5, 0.6) is 0 Å². The number of pyridine rings is 1. The molecule has 0 unspecified atom stereocenters. The summed E-state index contributed by atoms with van der Waals surface area (Å²) in [5, 5.41) is 9.19. The van der Waals surface area contributed by atoms with Gasteiger partial charge in [0.15, 0.2) is 5.65 Å². The highest BCUT2D eigenvalue weighted by atomic mass is 32.1. The number of amides is 1. The number of carbonyl (C=O) groups is 1. The fourth-order valence-electron chi connectivity index (χ4n) is 3.14. The van der Waals surface area contributed by atoms with E-state index in [4.69, 9.17) is 0 Å². The first kappa shape index (κ1) is 15.2. The summed E-state index contributed by atoms with van der Waals surface area (Å²) in [5.41, 5.74) is 0.672. The maximum Gasteiger partial charge on any atom is 0.297 e. The highest BCUT2D eigenvalue weighted by Gasteiger charge is 2.31. The summed E-state index contributed by atoms with van der Waals surface area (Å²) in [6.07, 6.45) is 0.522. The molecule has 0 bridgehead atoms. The molecule has 0 aliphatic carbocycles. The topological polar surface area (TPSA) is 50.5 Å². The molecule has 1 saturated heterocycles. The zero-order valence-electron chi connectivity index (χ0n) is 12.6. The van der Waals surface area contributed by atoms with Gasteiger partial charge in [0.25, 0.3) is 12.3 Å². The van der Waals surface area contributed by atoms with Crippen LogP contribution in [0.4, 0.5) is 8.78 Å². The molecular weight excluding hydrogens is 334 g/mol. The Morgan fingerprint density at radius 1 is 1.29 bits per heavy atom. The van der Waals surface area contributed by atoms with Crippen molar-refractivity contribution in [1.29, 1.82) is 0 Å². The van der Waals surface area contributed by atoms with E-state index in [1.807, 2.05) is 22.4 Å². The smallest absolute Gasteiger partial charge is 0.297 e. The lowest BCUT2D eigenvalue weighted by Gasteiger charge is -2.24. The highest BCUT2D eigenvalue weighted by Crippen LogP contribution is 2.35. The van der Waals surface area contributed by atoms with Gasteiger partial charge >= 0.3 is 0 Å². The molecule has 1 atom stereocenters. The third-order valence-corrected chi connectivity index (χ3v) is 5.23. The van der Waals surface area contributed by atoms with Crippen LogP contribution in [0.25, 0.3) is 5.65 Å². The number of rotatable bonds is 3. The van der Waals surface area contributed by atoms with Crippen LogP contribution >= 0.6 is 11.3 Å². The maximum absolute atomic E-state index is 13.0. The van der Waals surface area contributed by atoms with E-state index >= 15 is 0 Å². The molecule has 5 nitrogen and oxygen atoms in total. The number of halogens is 2. The maximum atomic E-state index is 13.0.